The molecule has 2 aromatic rings. The summed E-state index contributed by atoms with van der Waals surface area (Å²) in [5.41, 5.74) is 0.709. The second kappa shape index (κ2) is 4.99. The maximum atomic E-state index is 11.7. The third-order valence-electron chi connectivity index (χ3n) is 2.39. The van der Waals surface area contributed by atoms with Crippen LogP contribution in [0, 0.1) is 13.8 Å². The summed E-state index contributed by atoms with van der Waals surface area (Å²) in [6, 6.07) is 1.80. The Labute approximate surface area is 104 Å². The van der Waals surface area contributed by atoms with Crippen molar-refractivity contribution in [3.63, 3.8) is 0 Å². The van der Waals surface area contributed by atoms with E-state index in [1.165, 1.54) is 0 Å². The second-order valence-corrected chi connectivity index (χ2v) is 3.81. The molecular formula is C11H14N4O3. The van der Waals surface area contributed by atoms with Gasteiger partial charge >= 0.3 is 5.97 Å². The van der Waals surface area contributed by atoms with E-state index in [0.717, 1.165) is 0 Å². The quantitative estimate of drug-likeness (QED) is 0.756. The summed E-state index contributed by atoms with van der Waals surface area (Å²) in [6.45, 7) is 6.00. The van der Waals surface area contributed by atoms with Gasteiger partial charge in [0.25, 0.3) is 0 Å². The number of nitrogens with zero attached hydrogens (tertiary/aromatic N) is 4. The van der Waals surface area contributed by atoms with Crippen LogP contribution < -0.4 is 0 Å². The molecule has 0 bridgehead atoms. The standard InChI is InChI=1S/C11H14N4O3/c1-4-17-11(16)10-13-12-8(3)15(10)6-9-5-7(2)18-14-9/h5H,4,6H2,1-3H3. The Kier molecular flexibility index (Phi) is 3.40. The van der Waals surface area contributed by atoms with Crippen LogP contribution in [-0.4, -0.2) is 32.5 Å². The summed E-state index contributed by atoms with van der Waals surface area (Å²) in [4.78, 5) is 11.7. The molecule has 0 radical (unpaired) electrons. The van der Waals surface area contributed by atoms with Crippen LogP contribution in [0.4, 0.5) is 0 Å². The van der Waals surface area contributed by atoms with E-state index >= 15 is 0 Å². The Morgan fingerprint density at radius 3 is 2.83 bits per heavy atom. The maximum absolute atomic E-state index is 11.7. The number of hydrogen-bond acceptors (Lipinski definition) is 6. The van der Waals surface area contributed by atoms with E-state index < -0.39 is 5.97 Å². The molecule has 0 spiro atoms. The maximum Gasteiger partial charge on any atom is 0.376 e. The molecule has 0 saturated heterocycles. The molecule has 2 rings (SSSR count). The van der Waals surface area contributed by atoms with Crippen molar-refractivity contribution in [2.24, 2.45) is 0 Å². The first-order chi connectivity index (χ1) is 8.61. The normalized spacial score (nSPS) is 10.6. The molecule has 7 nitrogen and oxygen atoms in total. The minimum Gasteiger partial charge on any atom is -0.460 e. The zero-order valence-corrected chi connectivity index (χ0v) is 10.5. The van der Waals surface area contributed by atoms with Gasteiger partial charge in [-0.15, -0.1) is 10.2 Å². The molecule has 18 heavy (non-hydrogen) atoms. The molecule has 0 aliphatic carbocycles. The van der Waals surface area contributed by atoms with Gasteiger partial charge in [-0.25, -0.2) is 4.79 Å². The molecule has 0 atom stereocenters. The molecule has 2 heterocycles. The number of aryl methyl sites for hydroxylation is 2. The van der Waals surface area contributed by atoms with Gasteiger partial charge in [0, 0.05) is 6.07 Å². The predicted molar refractivity (Wildman–Crippen MR) is 61.1 cm³/mol. The molecule has 96 valence electrons. The molecule has 2 aromatic heterocycles. The number of rotatable bonds is 4. The molecule has 0 N–H and O–H groups in total. The first-order valence-electron chi connectivity index (χ1n) is 5.61. The lowest BCUT2D eigenvalue weighted by Crippen LogP contribution is -2.15. The monoisotopic (exact) mass is 250 g/mol. The predicted octanol–water partition coefficient (Wildman–Crippen LogP) is 1.11. The number of hydrogen-bond donors (Lipinski definition) is 0. The van der Waals surface area contributed by atoms with Crippen LogP contribution in [0.5, 0.6) is 0 Å². The van der Waals surface area contributed by atoms with Gasteiger partial charge in [0.1, 0.15) is 17.3 Å². The van der Waals surface area contributed by atoms with Crippen molar-refractivity contribution in [2.45, 2.75) is 27.3 Å². The smallest absolute Gasteiger partial charge is 0.376 e. The average molecular weight is 250 g/mol. The number of esters is 1. The van der Waals surface area contributed by atoms with Gasteiger partial charge in [-0.1, -0.05) is 5.16 Å². The van der Waals surface area contributed by atoms with Crippen molar-refractivity contribution < 1.29 is 14.1 Å². The number of aromatic nitrogens is 4. The van der Waals surface area contributed by atoms with Crippen LogP contribution >= 0.6 is 0 Å². The van der Waals surface area contributed by atoms with E-state index in [-0.39, 0.29) is 5.82 Å². The van der Waals surface area contributed by atoms with Crippen molar-refractivity contribution in [3.8, 4) is 0 Å². The van der Waals surface area contributed by atoms with Gasteiger partial charge in [0.2, 0.25) is 5.82 Å². The van der Waals surface area contributed by atoms with Gasteiger partial charge in [0.15, 0.2) is 0 Å². The van der Waals surface area contributed by atoms with Crippen molar-refractivity contribution >= 4 is 5.97 Å². The lowest BCUT2D eigenvalue weighted by Gasteiger charge is -2.05. The second-order valence-electron chi connectivity index (χ2n) is 3.81. The zero-order valence-electron chi connectivity index (χ0n) is 10.5. The van der Waals surface area contributed by atoms with E-state index in [4.69, 9.17) is 9.26 Å². The highest BCUT2D eigenvalue weighted by atomic mass is 16.5. The Morgan fingerprint density at radius 2 is 2.22 bits per heavy atom. The van der Waals surface area contributed by atoms with Crippen molar-refractivity contribution in [1.29, 1.82) is 0 Å². The molecule has 7 heteroatoms. The highest BCUT2D eigenvalue weighted by Gasteiger charge is 2.18. The topological polar surface area (TPSA) is 83.0 Å². The third kappa shape index (κ3) is 2.39. The molecular weight excluding hydrogens is 236 g/mol. The molecule has 0 saturated carbocycles. The minimum atomic E-state index is -0.488. The lowest BCUT2D eigenvalue weighted by atomic mass is 10.3. The first-order valence-corrected chi connectivity index (χ1v) is 5.61. The number of carbonyl (C=O) groups excluding carboxylic acids is 1. The van der Waals surface area contributed by atoms with Gasteiger partial charge in [-0.05, 0) is 20.8 Å². The van der Waals surface area contributed by atoms with Crippen LogP contribution in [-0.2, 0) is 11.3 Å². The van der Waals surface area contributed by atoms with E-state index in [1.54, 1.807) is 24.5 Å². The fourth-order valence-electron chi connectivity index (χ4n) is 1.57. The lowest BCUT2D eigenvalue weighted by molar-refractivity contribution is 0.0506. The number of ether oxygens (including phenoxy) is 1. The molecule has 0 aliphatic rings. The zero-order chi connectivity index (χ0) is 13.1. The van der Waals surface area contributed by atoms with Crippen molar-refractivity contribution in [3.05, 3.63) is 29.2 Å². The summed E-state index contributed by atoms with van der Waals surface area (Å²) in [7, 11) is 0. The fraction of sp³-hybridized carbons (Fsp3) is 0.455. The molecule has 0 unspecified atom stereocenters. The Hall–Kier alpha value is -2.18. The molecule has 0 aromatic carbocycles. The fourth-order valence-corrected chi connectivity index (χ4v) is 1.57. The van der Waals surface area contributed by atoms with Crippen LogP contribution in [0.2, 0.25) is 0 Å². The van der Waals surface area contributed by atoms with Gasteiger partial charge in [-0.3, -0.25) is 4.57 Å². The van der Waals surface area contributed by atoms with Crippen LogP contribution in [0.25, 0.3) is 0 Å². The van der Waals surface area contributed by atoms with Crippen molar-refractivity contribution in [2.75, 3.05) is 6.61 Å². The largest absolute Gasteiger partial charge is 0.460 e. The van der Waals surface area contributed by atoms with Crippen LogP contribution in [0.1, 0.15) is 34.8 Å². The third-order valence-corrected chi connectivity index (χ3v) is 2.39. The molecule has 0 fully saturated rings. The van der Waals surface area contributed by atoms with E-state index in [9.17, 15) is 4.79 Å². The summed E-state index contributed by atoms with van der Waals surface area (Å²) in [5, 5.41) is 11.6. The molecule has 0 aliphatic heterocycles. The van der Waals surface area contributed by atoms with Crippen molar-refractivity contribution in [1.82, 2.24) is 19.9 Å². The summed E-state index contributed by atoms with van der Waals surface area (Å²) >= 11 is 0. The summed E-state index contributed by atoms with van der Waals surface area (Å²) in [5.74, 6) is 1.03. The van der Waals surface area contributed by atoms with Gasteiger partial charge in [0.05, 0.1) is 13.2 Å². The Balaban J connectivity index is 2.26. The van der Waals surface area contributed by atoms with E-state index in [2.05, 4.69) is 15.4 Å². The Morgan fingerprint density at radius 1 is 1.44 bits per heavy atom. The minimum absolute atomic E-state index is 0.176. The highest BCUT2D eigenvalue weighted by molar-refractivity contribution is 5.85. The van der Waals surface area contributed by atoms with Crippen LogP contribution in [0.15, 0.2) is 10.6 Å². The van der Waals surface area contributed by atoms with Gasteiger partial charge < -0.3 is 9.26 Å². The summed E-state index contributed by atoms with van der Waals surface area (Å²) in [6.07, 6.45) is 0. The summed E-state index contributed by atoms with van der Waals surface area (Å²) < 4.78 is 11.5. The average Bonchev–Trinajstić information content (AvgIpc) is 2.88. The van der Waals surface area contributed by atoms with Crippen LogP contribution in [0.3, 0.4) is 0 Å². The van der Waals surface area contributed by atoms with E-state index in [0.29, 0.717) is 30.4 Å². The first kappa shape index (κ1) is 12.3. The Bertz CT molecular complexity index is 558. The number of carbonyl (C=O) groups is 1. The highest BCUT2D eigenvalue weighted by Crippen LogP contribution is 2.09. The van der Waals surface area contributed by atoms with Gasteiger partial charge in [-0.2, -0.15) is 0 Å². The molecule has 0 amide bonds. The van der Waals surface area contributed by atoms with E-state index in [1.807, 2.05) is 6.92 Å². The SMILES string of the molecule is CCOC(=O)c1nnc(C)n1Cc1cc(C)on1.